The van der Waals surface area contributed by atoms with Gasteiger partial charge in [-0.05, 0) is 36.1 Å². The van der Waals surface area contributed by atoms with E-state index in [0.717, 1.165) is 18.1 Å². The Kier molecular flexibility index (Phi) is 7.11. The number of nitrogens with zero attached hydrogens (tertiary/aromatic N) is 2. The van der Waals surface area contributed by atoms with Crippen LogP contribution < -0.4 is 10.1 Å². The highest BCUT2D eigenvalue weighted by molar-refractivity contribution is 6.01. The van der Waals surface area contributed by atoms with E-state index in [1.807, 2.05) is 30.3 Å². The molecule has 0 heterocycles. The summed E-state index contributed by atoms with van der Waals surface area (Å²) in [5.74, 6) is -1.32. The summed E-state index contributed by atoms with van der Waals surface area (Å²) in [5.41, 5.74) is 0.557. The molecule has 0 unspecified atom stereocenters. The van der Waals surface area contributed by atoms with E-state index in [2.05, 4.69) is 5.32 Å². The largest absolute Gasteiger partial charge is 0.500 e. The summed E-state index contributed by atoms with van der Waals surface area (Å²) < 4.78 is 4.91. The molecule has 0 aliphatic rings. The van der Waals surface area contributed by atoms with E-state index in [4.69, 9.17) is 4.74 Å². The molecule has 0 bridgehead atoms. The topological polar surface area (TPSA) is 125 Å². The zero-order valence-electron chi connectivity index (χ0n) is 15.2. The van der Waals surface area contributed by atoms with Crippen LogP contribution in [-0.4, -0.2) is 29.6 Å². The molecule has 2 aromatic carbocycles. The number of hydrogen-bond acceptors (Lipinski definition) is 6. The van der Waals surface area contributed by atoms with Crippen molar-refractivity contribution in [1.82, 2.24) is 5.32 Å². The number of hydrogen-bond donors (Lipinski definition) is 2. The lowest BCUT2D eigenvalue weighted by atomic mass is 10.1. The van der Waals surface area contributed by atoms with Gasteiger partial charge in [-0.15, -0.1) is 0 Å². The van der Waals surface area contributed by atoms with Gasteiger partial charge in [0.05, 0.1) is 12.0 Å². The molecule has 8 heteroatoms. The highest BCUT2D eigenvalue weighted by Crippen LogP contribution is 2.37. The molecule has 0 aromatic heterocycles. The first-order valence-electron chi connectivity index (χ1n) is 8.45. The van der Waals surface area contributed by atoms with Gasteiger partial charge in [-0.2, -0.15) is 5.26 Å². The molecule has 1 amide bonds. The lowest BCUT2D eigenvalue weighted by Crippen LogP contribution is -2.25. The highest BCUT2D eigenvalue weighted by Gasteiger charge is 2.20. The fraction of sp³-hybridized carbons (Fsp3) is 0.200. The molecule has 2 aromatic rings. The van der Waals surface area contributed by atoms with E-state index in [1.54, 1.807) is 6.07 Å². The molecule has 2 rings (SSSR count). The Morgan fingerprint density at radius 2 is 2.07 bits per heavy atom. The van der Waals surface area contributed by atoms with Crippen LogP contribution in [0.4, 0.5) is 5.69 Å². The lowest BCUT2D eigenvalue weighted by Gasteiger charge is -2.07. The highest BCUT2D eigenvalue weighted by atomic mass is 16.6. The Hall–Kier alpha value is -3.86. The predicted molar refractivity (Wildman–Crippen MR) is 103 cm³/mol. The molecule has 0 saturated carbocycles. The number of amides is 1. The predicted octanol–water partition coefficient (Wildman–Crippen LogP) is 2.96. The fourth-order valence-electron chi connectivity index (χ4n) is 2.54. The van der Waals surface area contributed by atoms with Crippen LogP contribution in [0.2, 0.25) is 0 Å². The number of benzene rings is 2. The van der Waals surface area contributed by atoms with E-state index < -0.39 is 22.3 Å². The van der Waals surface area contributed by atoms with E-state index in [-0.39, 0.29) is 16.9 Å². The Bertz CT molecular complexity index is 933. The minimum Gasteiger partial charge on any atom is -0.500 e. The van der Waals surface area contributed by atoms with Crippen molar-refractivity contribution in [3.05, 3.63) is 69.3 Å². The maximum atomic E-state index is 12.2. The standard InChI is InChI=1S/C20H19N3O5/c1-28-18-12-15(11-17(19(18)24)23(26)27)10-16(13-21)20(25)22-9-5-8-14-6-3-2-4-7-14/h2-4,6-7,10-12,24H,5,8-9H2,1H3,(H,22,25)/b16-10+. The number of aromatic hydroxyl groups is 1. The van der Waals surface area contributed by atoms with Gasteiger partial charge in [-0.1, -0.05) is 30.3 Å². The maximum Gasteiger partial charge on any atom is 0.315 e. The van der Waals surface area contributed by atoms with Gasteiger partial charge >= 0.3 is 5.69 Å². The molecule has 0 saturated heterocycles. The Morgan fingerprint density at radius 1 is 1.36 bits per heavy atom. The van der Waals surface area contributed by atoms with Crippen LogP contribution in [0.25, 0.3) is 6.08 Å². The van der Waals surface area contributed by atoms with E-state index in [1.165, 1.54) is 19.3 Å². The number of rotatable bonds is 8. The normalized spacial score (nSPS) is 10.8. The summed E-state index contributed by atoms with van der Waals surface area (Å²) in [4.78, 5) is 22.5. The second-order valence-electron chi connectivity index (χ2n) is 5.86. The third-order valence-electron chi connectivity index (χ3n) is 3.94. The quantitative estimate of drug-likeness (QED) is 0.238. The van der Waals surface area contributed by atoms with Crippen molar-refractivity contribution in [3.63, 3.8) is 0 Å². The molecule has 0 fully saturated rings. The molecule has 0 radical (unpaired) electrons. The number of nitrogens with one attached hydrogen (secondary N) is 1. The van der Waals surface area contributed by atoms with Crippen molar-refractivity contribution >= 4 is 17.7 Å². The summed E-state index contributed by atoms with van der Waals surface area (Å²) in [7, 11) is 1.25. The minimum absolute atomic E-state index is 0.124. The summed E-state index contributed by atoms with van der Waals surface area (Å²) in [6, 6.07) is 14.0. The molecular formula is C20H19N3O5. The van der Waals surface area contributed by atoms with Gasteiger partial charge in [0.1, 0.15) is 11.6 Å². The molecular weight excluding hydrogens is 362 g/mol. The molecule has 0 aliphatic heterocycles. The summed E-state index contributed by atoms with van der Waals surface area (Å²) in [6.07, 6.45) is 2.70. The van der Waals surface area contributed by atoms with Crippen LogP contribution in [0.15, 0.2) is 48.0 Å². The Labute approximate surface area is 161 Å². The van der Waals surface area contributed by atoms with E-state index >= 15 is 0 Å². The van der Waals surface area contributed by atoms with E-state index in [9.17, 15) is 25.3 Å². The zero-order chi connectivity index (χ0) is 20.5. The molecule has 0 aliphatic carbocycles. The first kappa shape index (κ1) is 20.5. The number of nitro benzene ring substituents is 1. The third kappa shape index (κ3) is 5.32. The number of carbonyl (C=O) groups is 1. The number of ether oxygens (including phenoxy) is 1. The number of methoxy groups -OCH3 is 1. The van der Waals surface area contributed by atoms with Gasteiger partial charge in [0, 0.05) is 12.6 Å². The van der Waals surface area contributed by atoms with Crippen molar-refractivity contribution in [2.45, 2.75) is 12.8 Å². The average molecular weight is 381 g/mol. The van der Waals surface area contributed by atoms with Crippen LogP contribution >= 0.6 is 0 Å². The number of nitriles is 1. The molecule has 28 heavy (non-hydrogen) atoms. The summed E-state index contributed by atoms with van der Waals surface area (Å²) >= 11 is 0. The molecule has 0 atom stereocenters. The van der Waals surface area contributed by atoms with Crippen molar-refractivity contribution in [1.29, 1.82) is 5.26 Å². The first-order valence-corrected chi connectivity index (χ1v) is 8.45. The first-order chi connectivity index (χ1) is 13.5. The molecule has 144 valence electrons. The number of nitro groups is 1. The Morgan fingerprint density at radius 3 is 2.68 bits per heavy atom. The number of carbonyl (C=O) groups excluding carboxylic acids is 1. The van der Waals surface area contributed by atoms with Gasteiger partial charge < -0.3 is 15.2 Å². The molecule has 0 spiro atoms. The minimum atomic E-state index is -0.773. The third-order valence-corrected chi connectivity index (χ3v) is 3.94. The fourth-order valence-corrected chi connectivity index (χ4v) is 2.54. The van der Waals surface area contributed by atoms with Crippen LogP contribution in [0.3, 0.4) is 0 Å². The number of phenols is 1. The van der Waals surface area contributed by atoms with Crippen LogP contribution in [-0.2, 0) is 11.2 Å². The van der Waals surface area contributed by atoms with Crippen LogP contribution in [0, 0.1) is 21.4 Å². The van der Waals surface area contributed by atoms with Gasteiger partial charge in [0.25, 0.3) is 5.91 Å². The monoisotopic (exact) mass is 381 g/mol. The van der Waals surface area contributed by atoms with Crippen LogP contribution in [0.5, 0.6) is 11.5 Å². The zero-order valence-corrected chi connectivity index (χ0v) is 15.2. The second-order valence-corrected chi connectivity index (χ2v) is 5.86. The Balaban J connectivity index is 2.08. The SMILES string of the molecule is COc1cc(/C=C(\C#N)C(=O)NCCCc2ccccc2)cc([N+](=O)[O-])c1O. The second kappa shape index (κ2) is 9.73. The van der Waals surface area contributed by atoms with Crippen molar-refractivity contribution in [3.8, 4) is 17.6 Å². The van der Waals surface area contributed by atoms with Gasteiger partial charge in [0.2, 0.25) is 5.75 Å². The van der Waals surface area contributed by atoms with Gasteiger partial charge in [0.15, 0.2) is 5.75 Å². The van der Waals surface area contributed by atoms with Crippen molar-refractivity contribution < 1.29 is 19.6 Å². The smallest absolute Gasteiger partial charge is 0.315 e. The van der Waals surface area contributed by atoms with Gasteiger partial charge in [-0.25, -0.2) is 0 Å². The summed E-state index contributed by atoms with van der Waals surface area (Å²) in [6.45, 7) is 0.381. The van der Waals surface area contributed by atoms with Gasteiger partial charge in [-0.3, -0.25) is 14.9 Å². The summed E-state index contributed by atoms with van der Waals surface area (Å²) in [5, 5.41) is 32.8. The average Bonchev–Trinajstić information content (AvgIpc) is 2.70. The lowest BCUT2D eigenvalue weighted by molar-refractivity contribution is -0.386. The number of phenolic OH excluding ortho intramolecular Hbond substituents is 1. The van der Waals surface area contributed by atoms with Crippen LogP contribution in [0.1, 0.15) is 17.5 Å². The molecule has 2 N–H and O–H groups in total. The van der Waals surface area contributed by atoms with Crippen molar-refractivity contribution in [2.24, 2.45) is 0 Å². The molecule has 8 nitrogen and oxygen atoms in total. The number of aryl methyl sites for hydroxylation is 1. The van der Waals surface area contributed by atoms with E-state index in [0.29, 0.717) is 13.0 Å². The maximum absolute atomic E-state index is 12.2. The van der Waals surface area contributed by atoms with Crippen molar-refractivity contribution in [2.75, 3.05) is 13.7 Å².